The number of carbonyl (C=O) groups is 2. The Kier molecular flexibility index (Phi) is 5.18. The molecule has 4 nitrogen and oxygen atoms in total. The largest absolute Gasteiger partial charge is 0.503 e. The summed E-state index contributed by atoms with van der Waals surface area (Å²) < 4.78 is 40.0. The van der Waals surface area contributed by atoms with E-state index < -0.39 is 35.2 Å². The van der Waals surface area contributed by atoms with Crippen molar-refractivity contribution in [2.75, 3.05) is 4.90 Å². The summed E-state index contributed by atoms with van der Waals surface area (Å²) in [5, 5.41) is 12.3. The van der Waals surface area contributed by atoms with Crippen LogP contribution in [0.1, 0.15) is 32.4 Å². The second-order valence-corrected chi connectivity index (χ2v) is 8.05. The summed E-state index contributed by atoms with van der Waals surface area (Å²) in [7, 11) is 0. The number of anilines is 1. The lowest BCUT2D eigenvalue weighted by Crippen LogP contribution is -2.31. The van der Waals surface area contributed by atoms with Crippen molar-refractivity contribution >= 4 is 28.7 Å². The molecule has 2 aromatic carbocycles. The SMILES string of the molecule is Cc1ccc(N2C(=O)C(O)=C(C(=O)c3cccs3)C2c2cccc(C(F)(F)F)c2)cc1. The number of aliphatic hydroxyl groups is 1. The van der Waals surface area contributed by atoms with Crippen LogP contribution in [0.5, 0.6) is 0 Å². The van der Waals surface area contributed by atoms with Crippen molar-refractivity contribution in [3.8, 4) is 0 Å². The van der Waals surface area contributed by atoms with Crippen molar-refractivity contribution in [3.63, 3.8) is 0 Å². The first kappa shape index (κ1) is 20.9. The van der Waals surface area contributed by atoms with E-state index in [1.54, 1.807) is 35.7 Å². The van der Waals surface area contributed by atoms with Crippen LogP contribution in [0.4, 0.5) is 18.9 Å². The summed E-state index contributed by atoms with van der Waals surface area (Å²) in [4.78, 5) is 27.6. The van der Waals surface area contributed by atoms with Gasteiger partial charge in [0.15, 0.2) is 5.76 Å². The number of carbonyl (C=O) groups excluding carboxylic acids is 2. The third-order valence-corrected chi connectivity index (χ3v) is 5.91. The van der Waals surface area contributed by atoms with Crippen molar-refractivity contribution < 1.29 is 27.9 Å². The number of aryl methyl sites for hydroxylation is 1. The molecule has 0 saturated heterocycles. The number of hydrogen-bond donors (Lipinski definition) is 1. The molecule has 0 spiro atoms. The average Bonchev–Trinajstić information content (AvgIpc) is 3.36. The van der Waals surface area contributed by atoms with Crippen LogP contribution in [0, 0.1) is 6.92 Å². The molecule has 8 heteroatoms. The predicted octanol–water partition coefficient (Wildman–Crippen LogP) is 5.86. The van der Waals surface area contributed by atoms with Gasteiger partial charge in [-0.05, 0) is 48.2 Å². The molecule has 1 unspecified atom stereocenters. The number of hydrogen-bond acceptors (Lipinski definition) is 4. The second-order valence-electron chi connectivity index (χ2n) is 7.11. The lowest BCUT2D eigenvalue weighted by atomic mass is 9.94. The zero-order chi connectivity index (χ0) is 22.3. The molecular weight excluding hydrogens is 427 g/mol. The minimum absolute atomic E-state index is 0.0766. The van der Waals surface area contributed by atoms with Crippen LogP contribution >= 0.6 is 11.3 Å². The summed E-state index contributed by atoms with van der Waals surface area (Å²) in [5.41, 5.74) is 0.201. The molecule has 1 amide bonds. The first-order chi connectivity index (χ1) is 14.7. The third kappa shape index (κ3) is 3.74. The molecule has 0 bridgehead atoms. The number of alkyl halides is 3. The minimum atomic E-state index is -4.60. The molecule has 1 aliphatic rings. The second kappa shape index (κ2) is 7.70. The van der Waals surface area contributed by atoms with Crippen LogP contribution in [0.2, 0.25) is 0 Å². The highest BCUT2D eigenvalue weighted by atomic mass is 32.1. The topological polar surface area (TPSA) is 57.6 Å². The molecule has 1 atom stereocenters. The molecule has 3 aromatic rings. The van der Waals surface area contributed by atoms with Gasteiger partial charge < -0.3 is 5.11 Å². The van der Waals surface area contributed by atoms with Crippen LogP contribution in [-0.4, -0.2) is 16.8 Å². The first-order valence-corrected chi connectivity index (χ1v) is 10.1. The molecule has 0 saturated carbocycles. The van der Waals surface area contributed by atoms with E-state index in [9.17, 15) is 27.9 Å². The fourth-order valence-electron chi connectivity index (χ4n) is 3.55. The highest BCUT2D eigenvalue weighted by Crippen LogP contribution is 2.43. The fourth-order valence-corrected chi connectivity index (χ4v) is 4.23. The number of amides is 1. The van der Waals surface area contributed by atoms with E-state index in [0.29, 0.717) is 5.69 Å². The molecule has 31 heavy (non-hydrogen) atoms. The van der Waals surface area contributed by atoms with Crippen LogP contribution in [0.25, 0.3) is 0 Å². The van der Waals surface area contributed by atoms with Crippen LogP contribution in [0.15, 0.2) is 77.4 Å². The zero-order valence-electron chi connectivity index (χ0n) is 16.2. The van der Waals surface area contributed by atoms with Gasteiger partial charge in [-0.15, -0.1) is 11.3 Å². The molecule has 0 aliphatic carbocycles. The normalized spacial score (nSPS) is 16.8. The Morgan fingerprint density at radius 3 is 2.39 bits per heavy atom. The zero-order valence-corrected chi connectivity index (χ0v) is 17.0. The van der Waals surface area contributed by atoms with E-state index in [1.165, 1.54) is 18.2 Å². The van der Waals surface area contributed by atoms with Gasteiger partial charge in [0.25, 0.3) is 5.91 Å². The number of rotatable bonds is 4. The molecule has 1 N–H and O–H groups in total. The molecule has 4 rings (SSSR count). The number of nitrogens with zero attached hydrogens (tertiary/aromatic N) is 1. The average molecular weight is 443 g/mol. The highest BCUT2D eigenvalue weighted by molar-refractivity contribution is 7.12. The number of aliphatic hydroxyl groups excluding tert-OH is 1. The lowest BCUT2D eigenvalue weighted by molar-refractivity contribution is -0.137. The minimum Gasteiger partial charge on any atom is -0.503 e. The van der Waals surface area contributed by atoms with Crippen molar-refractivity contribution in [1.82, 2.24) is 0 Å². The van der Waals surface area contributed by atoms with Crippen LogP contribution < -0.4 is 4.90 Å². The number of halogens is 3. The smallest absolute Gasteiger partial charge is 0.416 e. The van der Waals surface area contributed by atoms with Crippen LogP contribution in [0.3, 0.4) is 0 Å². The van der Waals surface area contributed by atoms with E-state index in [2.05, 4.69) is 0 Å². The maximum absolute atomic E-state index is 13.3. The Balaban J connectivity index is 1.90. The van der Waals surface area contributed by atoms with Gasteiger partial charge in [0, 0.05) is 5.69 Å². The van der Waals surface area contributed by atoms with Crippen molar-refractivity contribution in [3.05, 3.63) is 98.9 Å². The van der Waals surface area contributed by atoms with Gasteiger partial charge >= 0.3 is 6.18 Å². The van der Waals surface area contributed by atoms with E-state index in [-0.39, 0.29) is 16.0 Å². The molecule has 0 radical (unpaired) electrons. The summed E-state index contributed by atoms with van der Waals surface area (Å²) in [5.74, 6) is -2.20. The van der Waals surface area contributed by atoms with Gasteiger partial charge in [0.05, 0.1) is 22.1 Å². The number of ketones is 1. The van der Waals surface area contributed by atoms with E-state index in [4.69, 9.17) is 0 Å². The summed E-state index contributed by atoms with van der Waals surface area (Å²) >= 11 is 1.12. The Bertz CT molecular complexity index is 1180. The molecule has 1 aliphatic heterocycles. The van der Waals surface area contributed by atoms with Crippen LogP contribution in [-0.2, 0) is 11.0 Å². The summed E-state index contributed by atoms with van der Waals surface area (Å²) in [6.45, 7) is 1.85. The molecule has 158 valence electrons. The number of thiophene rings is 1. The Hall–Kier alpha value is -3.39. The van der Waals surface area contributed by atoms with Crippen molar-refractivity contribution in [2.24, 2.45) is 0 Å². The molecule has 0 fully saturated rings. The molecular formula is C23H16F3NO3S. The Labute approximate surface area is 179 Å². The van der Waals surface area contributed by atoms with Gasteiger partial charge in [0.1, 0.15) is 0 Å². The van der Waals surface area contributed by atoms with Gasteiger partial charge in [-0.1, -0.05) is 35.9 Å². The van der Waals surface area contributed by atoms with Gasteiger partial charge in [-0.25, -0.2) is 0 Å². The van der Waals surface area contributed by atoms with E-state index >= 15 is 0 Å². The third-order valence-electron chi connectivity index (χ3n) is 5.04. The van der Waals surface area contributed by atoms with Crippen molar-refractivity contribution in [1.29, 1.82) is 0 Å². The number of benzene rings is 2. The number of Topliss-reactive ketones (excluding diaryl/α,β-unsaturated/α-hetero) is 1. The standard InChI is InChI=1S/C23H16F3NO3S/c1-13-7-9-16(10-8-13)27-19(14-4-2-5-15(12-14)23(24,25)26)18(21(29)22(27)30)20(28)17-6-3-11-31-17/h2-12,19,29H,1H3. The van der Waals surface area contributed by atoms with E-state index in [1.807, 2.05) is 6.92 Å². The quantitative estimate of drug-likeness (QED) is 0.514. The van der Waals surface area contributed by atoms with Gasteiger partial charge in [0.2, 0.25) is 5.78 Å². The maximum atomic E-state index is 13.3. The highest BCUT2D eigenvalue weighted by Gasteiger charge is 2.45. The fraction of sp³-hybridized carbons (Fsp3) is 0.130. The van der Waals surface area contributed by atoms with Crippen molar-refractivity contribution in [2.45, 2.75) is 19.1 Å². The van der Waals surface area contributed by atoms with Gasteiger partial charge in [-0.2, -0.15) is 13.2 Å². The van der Waals surface area contributed by atoms with Gasteiger partial charge in [-0.3, -0.25) is 14.5 Å². The summed E-state index contributed by atoms with van der Waals surface area (Å²) in [6.07, 6.45) is -4.60. The Morgan fingerprint density at radius 1 is 1.06 bits per heavy atom. The predicted molar refractivity (Wildman–Crippen MR) is 111 cm³/mol. The molecule has 2 heterocycles. The first-order valence-electron chi connectivity index (χ1n) is 9.27. The monoisotopic (exact) mass is 443 g/mol. The molecule has 1 aromatic heterocycles. The lowest BCUT2D eigenvalue weighted by Gasteiger charge is -2.27. The maximum Gasteiger partial charge on any atom is 0.416 e. The summed E-state index contributed by atoms with van der Waals surface area (Å²) in [6, 6.07) is 13.2. The Morgan fingerprint density at radius 2 is 1.77 bits per heavy atom. The van der Waals surface area contributed by atoms with E-state index in [0.717, 1.165) is 33.9 Å².